The minimum atomic E-state index is -0.774. The lowest BCUT2D eigenvalue weighted by molar-refractivity contribution is -0.128. The molecule has 1 aliphatic heterocycles. The first kappa shape index (κ1) is 29.2. The number of aromatic nitrogens is 1. The minimum absolute atomic E-state index is 0. The number of nitrogens with one attached hydrogen (secondary N) is 1. The molecular weight excluding hydrogens is 509 g/mol. The van der Waals surface area contributed by atoms with Crippen molar-refractivity contribution in [3.05, 3.63) is 95.3 Å². The first-order valence-corrected chi connectivity index (χ1v) is 11.2. The molecule has 2 heterocycles. The summed E-state index contributed by atoms with van der Waals surface area (Å²) in [7, 11) is 0. The second kappa shape index (κ2) is 13.3. The van der Waals surface area contributed by atoms with Gasteiger partial charge < -0.3 is 40.8 Å². The minimum Gasteiger partial charge on any atom is -1.00 e. The number of nitrogens with zero attached hydrogens (tertiary/aromatic N) is 2. The summed E-state index contributed by atoms with van der Waals surface area (Å²) in [5, 5.41) is 2.78. The first-order chi connectivity index (χ1) is 16.4. The number of hydrogen-bond donors (Lipinski definition) is 2. The maximum absolute atomic E-state index is 13.9. The molecule has 0 saturated heterocycles. The van der Waals surface area contributed by atoms with Crippen LogP contribution in [-0.4, -0.2) is 35.4 Å². The molecule has 2 aromatic carbocycles. The molecule has 6 nitrogen and oxygen atoms in total. The van der Waals surface area contributed by atoms with Crippen LogP contribution in [0.15, 0.2) is 66.9 Å². The monoisotopic (exact) mass is 534 g/mol. The number of hydrogen-bond acceptors (Lipinski definition) is 4. The quantitative estimate of drug-likeness (QED) is 0.321. The van der Waals surface area contributed by atoms with Crippen LogP contribution in [0, 0.1) is 11.6 Å². The average Bonchev–Trinajstić information content (AvgIpc) is 2.81. The third-order valence-corrected chi connectivity index (χ3v) is 5.88. The van der Waals surface area contributed by atoms with E-state index in [0.29, 0.717) is 29.9 Å². The van der Waals surface area contributed by atoms with Gasteiger partial charge in [0.2, 0.25) is 11.8 Å². The molecule has 0 saturated carbocycles. The molecule has 0 spiro atoms. The summed E-state index contributed by atoms with van der Waals surface area (Å²) < 4.78 is 27.1. The molecule has 1 unspecified atom stereocenters. The second-order valence-corrected chi connectivity index (χ2v) is 8.42. The number of anilines is 1. The zero-order valence-electron chi connectivity index (χ0n) is 19.3. The van der Waals surface area contributed by atoms with E-state index < -0.39 is 12.1 Å². The summed E-state index contributed by atoms with van der Waals surface area (Å²) in [6, 6.07) is 14.7. The van der Waals surface area contributed by atoms with E-state index in [0.717, 1.165) is 5.56 Å². The number of rotatable bonds is 8. The molecule has 3 aromatic rings. The number of amides is 2. The van der Waals surface area contributed by atoms with Gasteiger partial charge in [-0.3, -0.25) is 14.6 Å². The molecule has 10 heteroatoms. The van der Waals surface area contributed by atoms with Crippen molar-refractivity contribution in [1.82, 2.24) is 10.3 Å². The van der Waals surface area contributed by atoms with E-state index in [9.17, 15) is 18.4 Å². The Morgan fingerprint density at radius 2 is 1.81 bits per heavy atom. The summed E-state index contributed by atoms with van der Waals surface area (Å²) in [5.74, 6) is -1.29. The van der Waals surface area contributed by atoms with Crippen LogP contribution < -0.4 is 40.8 Å². The van der Waals surface area contributed by atoms with Crippen molar-refractivity contribution in [2.24, 2.45) is 5.73 Å². The Morgan fingerprint density at radius 3 is 2.53 bits per heavy atom. The third-order valence-electron chi connectivity index (χ3n) is 5.88. The van der Waals surface area contributed by atoms with Crippen LogP contribution in [0.5, 0.6) is 0 Å². The van der Waals surface area contributed by atoms with Gasteiger partial charge in [-0.1, -0.05) is 30.3 Å². The molecule has 1 aliphatic rings. The number of pyridine rings is 1. The Morgan fingerprint density at radius 1 is 1.08 bits per heavy atom. The van der Waals surface area contributed by atoms with Crippen molar-refractivity contribution in [2.45, 2.75) is 37.8 Å². The van der Waals surface area contributed by atoms with Crippen LogP contribution in [0.1, 0.15) is 23.2 Å². The highest BCUT2D eigenvalue weighted by atomic mass is 35.5. The van der Waals surface area contributed by atoms with Gasteiger partial charge in [-0.2, -0.15) is 0 Å². The fourth-order valence-corrected chi connectivity index (χ4v) is 4.17. The molecule has 0 aliphatic carbocycles. The maximum atomic E-state index is 13.9. The van der Waals surface area contributed by atoms with E-state index in [-0.39, 0.29) is 67.5 Å². The van der Waals surface area contributed by atoms with Crippen molar-refractivity contribution in [3.8, 4) is 0 Å². The van der Waals surface area contributed by atoms with Crippen LogP contribution in [-0.2, 0) is 28.9 Å². The zero-order valence-corrected chi connectivity index (χ0v) is 20.9. The summed E-state index contributed by atoms with van der Waals surface area (Å²) in [6.07, 6.45) is 2.62. The van der Waals surface area contributed by atoms with Crippen LogP contribution >= 0.6 is 0 Å². The van der Waals surface area contributed by atoms with Crippen molar-refractivity contribution in [3.63, 3.8) is 0 Å². The molecule has 2 atom stereocenters. The fourth-order valence-electron chi connectivity index (χ4n) is 4.17. The Balaban J connectivity index is 0.00000228. The SMILES string of the molecule is N[C@@H](CC(=O)NC1Cc2ncccc2N(CCc2ccc(F)cc2)C1=O)Cc1ccccc1F.[Cl-].[Cl-]. The largest absolute Gasteiger partial charge is 1.00 e. The topological polar surface area (TPSA) is 88.3 Å². The van der Waals surface area contributed by atoms with Gasteiger partial charge >= 0.3 is 0 Å². The van der Waals surface area contributed by atoms with Gasteiger partial charge in [0.05, 0.1) is 11.4 Å². The van der Waals surface area contributed by atoms with E-state index >= 15 is 0 Å². The van der Waals surface area contributed by atoms with E-state index in [2.05, 4.69) is 10.3 Å². The standard InChI is InChI=1S/C26H26F2N4O2.2ClH/c27-19-9-7-17(8-10-19)11-13-32-24-6-3-12-30-22(24)16-23(26(32)34)31-25(33)15-20(29)14-18-4-1-2-5-21(18)28;;/h1-10,12,20,23H,11,13-16,29H2,(H,31,33);2*1H/p-2/t20-,23?;;/m1../s1. The zero-order chi connectivity index (χ0) is 24.1. The lowest BCUT2D eigenvalue weighted by atomic mass is 9.99. The lowest BCUT2D eigenvalue weighted by Gasteiger charge is -2.34. The van der Waals surface area contributed by atoms with E-state index in [1.165, 1.54) is 18.2 Å². The Bertz CT molecular complexity index is 1180. The van der Waals surface area contributed by atoms with Crippen molar-refractivity contribution < 1.29 is 43.2 Å². The van der Waals surface area contributed by atoms with Gasteiger partial charge in [0.15, 0.2) is 0 Å². The third kappa shape index (κ3) is 7.22. The maximum Gasteiger partial charge on any atom is 0.250 e. The molecule has 1 aromatic heterocycles. The van der Waals surface area contributed by atoms with Gasteiger partial charge in [-0.05, 0) is 54.3 Å². The van der Waals surface area contributed by atoms with Gasteiger partial charge in [0.1, 0.15) is 17.7 Å². The summed E-state index contributed by atoms with van der Waals surface area (Å²) in [4.78, 5) is 31.9. The van der Waals surface area contributed by atoms with Crippen molar-refractivity contribution >= 4 is 17.5 Å². The molecule has 2 amide bonds. The van der Waals surface area contributed by atoms with Gasteiger partial charge in [-0.15, -0.1) is 0 Å². The van der Waals surface area contributed by atoms with Gasteiger partial charge in [-0.25, -0.2) is 8.78 Å². The molecular formula is C26H26Cl2F2N4O2-2. The fraction of sp³-hybridized carbons (Fsp3) is 0.269. The molecule has 3 N–H and O–H groups in total. The second-order valence-electron chi connectivity index (χ2n) is 8.42. The number of carbonyl (C=O) groups excluding carboxylic acids is 2. The van der Waals surface area contributed by atoms with E-state index in [1.54, 1.807) is 47.5 Å². The molecule has 0 radical (unpaired) electrons. The molecule has 0 bridgehead atoms. The lowest BCUT2D eigenvalue weighted by Crippen LogP contribution is -3.00. The van der Waals surface area contributed by atoms with Gasteiger partial charge in [0, 0.05) is 31.6 Å². The Hall–Kier alpha value is -3.07. The van der Waals surface area contributed by atoms with Crippen LogP contribution in [0.25, 0.3) is 0 Å². The van der Waals surface area contributed by atoms with Crippen LogP contribution in [0.3, 0.4) is 0 Å². The Labute approximate surface area is 221 Å². The average molecular weight is 535 g/mol. The highest BCUT2D eigenvalue weighted by Crippen LogP contribution is 2.26. The molecule has 192 valence electrons. The van der Waals surface area contributed by atoms with Crippen LogP contribution in [0.4, 0.5) is 14.5 Å². The van der Waals surface area contributed by atoms with Gasteiger partial charge in [0.25, 0.3) is 0 Å². The molecule has 4 rings (SSSR count). The highest BCUT2D eigenvalue weighted by Gasteiger charge is 2.34. The van der Waals surface area contributed by atoms with Crippen molar-refractivity contribution in [1.29, 1.82) is 0 Å². The normalized spacial score (nSPS) is 15.2. The first-order valence-electron chi connectivity index (χ1n) is 11.2. The number of fused-ring (bicyclic) bond motifs is 1. The summed E-state index contributed by atoms with van der Waals surface area (Å²) in [6.45, 7) is 0.363. The number of halogens is 4. The summed E-state index contributed by atoms with van der Waals surface area (Å²) >= 11 is 0. The Kier molecular flexibility index (Phi) is 10.8. The highest BCUT2D eigenvalue weighted by molar-refractivity contribution is 6.01. The predicted octanol–water partition coefficient (Wildman–Crippen LogP) is -3.06. The van der Waals surface area contributed by atoms with E-state index in [1.807, 2.05) is 6.07 Å². The number of benzene rings is 2. The molecule has 36 heavy (non-hydrogen) atoms. The van der Waals surface area contributed by atoms with Crippen molar-refractivity contribution in [2.75, 3.05) is 11.4 Å². The number of nitrogens with two attached hydrogens (primary N) is 1. The summed E-state index contributed by atoms with van der Waals surface area (Å²) in [5.41, 5.74) is 8.83. The molecule has 0 fully saturated rings. The number of carbonyl (C=O) groups is 2. The smallest absolute Gasteiger partial charge is 0.250 e. The van der Waals surface area contributed by atoms with E-state index in [4.69, 9.17) is 5.73 Å². The predicted molar refractivity (Wildman–Crippen MR) is 125 cm³/mol. The van der Waals surface area contributed by atoms with Crippen LogP contribution in [0.2, 0.25) is 0 Å².